The monoisotopic (exact) mass is 402 g/mol. The third kappa shape index (κ3) is 3.41. The van der Waals surface area contributed by atoms with Crippen LogP contribution in [0.2, 0.25) is 0 Å². The second-order valence-corrected chi connectivity index (χ2v) is 7.60. The minimum Gasteiger partial charge on any atom is -0.491 e. The highest BCUT2D eigenvalue weighted by Crippen LogP contribution is 2.30. The van der Waals surface area contributed by atoms with Crippen LogP contribution < -0.4 is 10.2 Å². The summed E-state index contributed by atoms with van der Waals surface area (Å²) in [5.41, 5.74) is 3.03. The fourth-order valence-corrected chi connectivity index (χ4v) is 3.48. The Morgan fingerprint density at radius 2 is 1.90 bits per heavy atom. The van der Waals surface area contributed by atoms with Crippen molar-refractivity contribution in [2.24, 2.45) is 5.92 Å². The van der Waals surface area contributed by atoms with Gasteiger partial charge in [-0.3, -0.25) is 9.48 Å². The Bertz CT molecular complexity index is 1250. The molecule has 0 aliphatic heterocycles. The molecular formula is C22H22N6O2. The number of hydrogen-bond donors (Lipinski definition) is 0. The second kappa shape index (κ2) is 7.29. The molecule has 1 saturated carbocycles. The van der Waals surface area contributed by atoms with Crippen LogP contribution in [0.1, 0.15) is 18.5 Å². The van der Waals surface area contributed by atoms with E-state index in [1.165, 1.54) is 20.0 Å². The van der Waals surface area contributed by atoms with Crippen LogP contribution in [0.4, 0.5) is 0 Å². The number of aryl methyl sites for hydroxylation is 1. The summed E-state index contributed by atoms with van der Waals surface area (Å²) >= 11 is 0. The highest BCUT2D eigenvalue weighted by atomic mass is 16.5. The molecule has 0 radical (unpaired) electrons. The molecule has 0 saturated heterocycles. The van der Waals surface area contributed by atoms with Gasteiger partial charge in [0.15, 0.2) is 11.4 Å². The molecule has 8 nitrogen and oxygen atoms in total. The van der Waals surface area contributed by atoms with Gasteiger partial charge in [-0.15, -0.1) is 0 Å². The van der Waals surface area contributed by atoms with Crippen LogP contribution in [-0.2, 0) is 6.54 Å². The summed E-state index contributed by atoms with van der Waals surface area (Å²) in [5, 5.41) is 13.7. The number of ether oxygens (including phenoxy) is 1. The van der Waals surface area contributed by atoms with Gasteiger partial charge >= 0.3 is 0 Å². The molecule has 0 amide bonds. The third-order valence-corrected chi connectivity index (χ3v) is 5.21. The molecule has 0 unspecified atom stereocenters. The van der Waals surface area contributed by atoms with E-state index in [1.54, 1.807) is 21.8 Å². The van der Waals surface area contributed by atoms with E-state index in [0.29, 0.717) is 11.6 Å². The number of benzene rings is 1. The smallest absolute Gasteiger partial charge is 0.251 e. The van der Waals surface area contributed by atoms with Gasteiger partial charge in [-0.1, -0.05) is 18.2 Å². The minimum atomic E-state index is -0.281. The first-order chi connectivity index (χ1) is 14.6. The standard InChI is InChI=1S/C22H22N6O2/c1-15-10-19(28(24-15)17-6-4-3-5-7-17)21-22(29)20(30-2)14-27(25-21)18-11-23-26(13-18)12-16-8-9-16/h3-7,10-11,13-14,16H,8-9,12H2,1-2H3. The van der Waals surface area contributed by atoms with Gasteiger partial charge in [-0.2, -0.15) is 15.3 Å². The summed E-state index contributed by atoms with van der Waals surface area (Å²) in [5.74, 6) is 0.932. The summed E-state index contributed by atoms with van der Waals surface area (Å²) < 4.78 is 10.7. The summed E-state index contributed by atoms with van der Waals surface area (Å²) in [7, 11) is 1.49. The van der Waals surface area contributed by atoms with Gasteiger partial charge in [0.1, 0.15) is 5.69 Å². The molecule has 0 atom stereocenters. The van der Waals surface area contributed by atoms with Crippen molar-refractivity contribution in [1.82, 2.24) is 29.3 Å². The lowest BCUT2D eigenvalue weighted by Crippen LogP contribution is -2.17. The van der Waals surface area contributed by atoms with E-state index in [9.17, 15) is 4.79 Å². The van der Waals surface area contributed by atoms with E-state index in [0.717, 1.165) is 23.6 Å². The van der Waals surface area contributed by atoms with E-state index in [-0.39, 0.29) is 16.9 Å². The van der Waals surface area contributed by atoms with Gasteiger partial charge in [0.25, 0.3) is 5.43 Å². The summed E-state index contributed by atoms with van der Waals surface area (Å²) in [6, 6.07) is 11.5. The van der Waals surface area contributed by atoms with E-state index in [2.05, 4.69) is 15.3 Å². The van der Waals surface area contributed by atoms with Crippen molar-refractivity contribution in [3.8, 4) is 28.5 Å². The van der Waals surface area contributed by atoms with E-state index < -0.39 is 0 Å². The topological polar surface area (TPSA) is 79.8 Å². The zero-order chi connectivity index (χ0) is 20.7. The van der Waals surface area contributed by atoms with Gasteiger partial charge in [0.2, 0.25) is 0 Å². The number of para-hydroxylation sites is 1. The lowest BCUT2D eigenvalue weighted by Gasteiger charge is -2.10. The second-order valence-electron chi connectivity index (χ2n) is 7.60. The normalized spacial score (nSPS) is 13.5. The molecule has 30 heavy (non-hydrogen) atoms. The highest BCUT2D eigenvalue weighted by Gasteiger charge is 2.23. The Morgan fingerprint density at radius 3 is 2.63 bits per heavy atom. The van der Waals surface area contributed by atoms with Gasteiger partial charge in [0, 0.05) is 6.54 Å². The van der Waals surface area contributed by atoms with Crippen LogP contribution in [0.5, 0.6) is 5.75 Å². The molecule has 3 aromatic heterocycles. The fourth-order valence-electron chi connectivity index (χ4n) is 3.48. The lowest BCUT2D eigenvalue weighted by molar-refractivity contribution is 0.405. The average Bonchev–Trinajstić information content (AvgIpc) is 3.30. The van der Waals surface area contributed by atoms with Gasteiger partial charge in [-0.25, -0.2) is 9.36 Å². The maximum Gasteiger partial charge on any atom is 0.251 e. The van der Waals surface area contributed by atoms with Crippen LogP contribution in [0.25, 0.3) is 22.8 Å². The summed E-state index contributed by atoms with van der Waals surface area (Å²) in [4.78, 5) is 13.1. The van der Waals surface area contributed by atoms with Crippen molar-refractivity contribution < 1.29 is 4.74 Å². The molecule has 1 aromatic carbocycles. The highest BCUT2D eigenvalue weighted by molar-refractivity contribution is 5.60. The number of hydrogen-bond acceptors (Lipinski definition) is 5. The predicted molar refractivity (Wildman–Crippen MR) is 112 cm³/mol. The summed E-state index contributed by atoms with van der Waals surface area (Å²) in [6.45, 7) is 2.80. The van der Waals surface area contributed by atoms with Crippen LogP contribution in [0.3, 0.4) is 0 Å². The average molecular weight is 402 g/mol. The van der Waals surface area contributed by atoms with Gasteiger partial charge in [0.05, 0.1) is 42.8 Å². The quantitative estimate of drug-likeness (QED) is 0.495. The zero-order valence-electron chi connectivity index (χ0n) is 16.9. The largest absolute Gasteiger partial charge is 0.491 e. The van der Waals surface area contributed by atoms with Gasteiger partial charge in [-0.05, 0) is 43.9 Å². The first-order valence-electron chi connectivity index (χ1n) is 9.95. The maximum atomic E-state index is 13.1. The van der Waals surface area contributed by atoms with Crippen LogP contribution in [0.15, 0.2) is 59.8 Å². The van der Waals surface area contributed by atoms with Crippen molar-refractivity contribution >= 4 is 0 Å². The van der Waals surface area contributed by atoms with E-state index in [4.69, 9.17) is 4.74 Å². The molecule has 1 aliphatic rings. The number of rotatable bonds is 6. The maximum absolute atomic E-state index is 13.1. The number of methoxy groups -OCH3 is 1. The Balaban J connectivity index is 1.63. The van der Waals surface area contributed by atoms with Crippen molar-refractivity contribution in [2.45, 2.75) is 26.3 Å². The molecule has 0 spiro atoms. The first-order valence-corrected chi connectivity index (χ1v) is 9.95. The zero-order valence-corrected chi connectivity index (χ0v) is 16.9. The molecule has 1 fully saturated rings. The number of aromatic nitrogens is 6. The van der Waals surface area contributed by atoms with Crippen molar-refractivity contribution in [2.75, 3.05) is 7.11 Å². The van der Waals surface area contributed by atoms with Crippen molar-refractivity contribution in [3.05, 3.63) is 70.9 Å². The molecule has 0 N–H and O–H groups in total. The molecule has 4 aromatic rings. The minimum absolute atomic E-state index is 0.216. The van der Waals surface area contributed by atoms with Crippen LogP contribution >= 0.6 is 0 Å². The van der Waals surface area contributed by atoms with Crippen LogP contribution in [0, 0.1) is 12.8 Å². The van der Waals surface area contributed by atoms with E-state index in [1.807, 2.05) is 54.2 Å². The Morgan fingerprint density at radius 1 is 1.10 bits per heavy atom. The lowest BCUT2D eigenvalue weighted by atomic mass is 10.2. The molecule has 8 heteroatoms. The Kier molecular flexibility index (Phi) is 4.46. The van der Waals surface area contributed by atoms with E-state index >= 15 is 0 Å². The SMILES string of the molecule is COc1cn(-c2cnn(CC3CC3)c2)nc(-c2cc(C)nn2-c2ccccc2)c1=O. The Labute approximate surface area is 173 Å². The fraction of sp³-hybridized carbons (Fsp3) is 0.273. The van der Waals surface area contributed by atoms with Crippen LogP contribution in [-0.4, -0.2) is 36.5 Å². The molecule has 5 rings (SSSR count). The van der Waals surface area contributed by atoms with Crippen molar-refractivity contribution in [1.29, 1.82) is 0 Å². The molecule has 1 aliphatic carbocycles. The summed E-state index contributed by atoms with van der Waals surface area (Å²) in [6.07, 6.45) is 7.81. The predicted octanol–water partition coefficient (Wildman–Crippen LogP) is 3.01. The molecule has 0 bridgehead atoms. The molecule has 152 valence electrons. The molecular weight excluding hydrogens is 380 g/mol. The number of nitrogens with zero attached hydrogens (tertiary/aromatic N) is 6. The third-order valence-electron chi connectivity index (χ3n) is 5.21. The first kappa shape index (κ1) is 18.4. The van der Waals surface area contributed by atoms with Crippen molar-refractivity contribution in [3.63, 3.8) is 0 Å². The van der Waals surface area contributed by atoms with Gasteiger partial charge < -0.3 is 4.74 Å². The molecule has 3 heterocycles. The Hall–Kier alpha value is -3.68.